The van der Waals surface area contributed by atoms with E-state index in [2.05, 4.69) is 31.5 Å². The topological polar surface area (TPSA) is 79.7 Å². The molecule has 0 fully saturated rings. The van der Waals surface area contributed by atoms with Gasteiger partial charge in [-0.05, 0) is 89.3 Å². The summed E-state index contributed by atoms with van der Waals surface area (Å²) in [6.07, 6.45) is 0.661. The van der Waals surface area contributed by atoms with Crippen molar-refractivity contribution in [3.8, 4) is 0 Å². The van der Waals surface area contributed by atoms with E-state index in [9.17, 15) is 13.6 Å². The number of tetrazole rings is 1. The van der Waals surface area contributed by atoms with Crippen LogP contribution in [0.25, 0.3) is 10.9 Å². The SMILES string of the molecule is CC[C@H](c1nnnn1Cc1ccc(F)cc1)N(Cc1ccc(F)cc1)Cc1cc2c(C)cc(C)cc2[nH]c1=O. The van der Waals surface area contributed by atoms with E-state index in [1.807, 2.05) is 32.9 Å². The number of hydrogen-bond donors (Lipinski definition) is 1. The summed E-state index contributed by atoms with van der Waals surface area (Å²) in [7, 11) is 0. The van der Waals surface area contributed by atoms with Gasteiger partial charge in [0.25, 0.3) is 5.56 Å². The van der Waals surface area contributed by atoms with Crippen LogP contribution in [-0.2, 0) is 19.6 Å². The Morgan fingerprint density at radius 1 is 0.923 bits per heavy atom. The molecule has 0 radical (unpaired) electrons. The fraction of sp³-hybridized carbons (Fsp3) is 0.267. The Kier molecular flexibility index (Phi) is 7.60. The predicted molar refractivity (Wildman–Crippen MR) is 146 cm³/mol. The number of nitrogens with one attached hydrogen (secondary N) is 1. The lowest BCUT2D eigenvalue weighted by Crippen LogP contribution is -2.32. The first-order chi connectivity index (χ1) is 18.8. The van der Waals surface area contributed by atoms with E-state index in [1.54, 1.807) is 28.9 Å². The lowest BCUT2D eigenvalue weighted by atomic mass is 10.0. The minimum absolute atomic E-state index is 0.155. The fourth-order valence-corrected chi connectivity index (χ4v) is 5.08. The summed E-state index contributed by atoms with van der Waals surface area (Å²) < 4.78 is 28.8. The van der Waals surface area contributed by atoms with Crippen LogP contribution in [0.1, 0.15) is 53.0 Å². The van der Waals surface area contributed by atoms with Gasteiger partial charge in [0.2, 0.25) is 0 Å². The van der Waals surface area contributed by atoms with Crippen molar-refractivity contribution in [1.82, 2.24) is 30.1 Å². The second-order valence-electron chi connectivity index (χ2n) is 9.94. The van der Waals surface area contributed by atoms with Crippen LogP contribution in [0.3, 0.4) is 0 Å². The van der Waals surface area contributed by atoms with Crippen molar-refractivity contribution in [3.63, 3.8) is 0 Å². The highest BCUT2D eigenvalue weighted by Gasteiger charge is 2.26. The molecule has 0 amide bonds. The van der Waals surface area contributed by atoms with Crippen LogP contribution in [-0.4, -0.2) is 30.1 Å². The van der Waals surface area contributed by atoms with E-state index in [1.165, 1.54) is 24.3 Å². The number of rotatable bonds is 9. The normalized spacial score (nSPS) is 12.4. The van der Waals surface area contributed by atoms with Crippen molar-refractivity contribution in [2.45, 2.75) is 52.9 Å². The van der Waals surface area contributed by atoms with Crippen LogP contribution in [0.15, 0.2) is 71.5 Å². The first-order valence-electron chi connectivity index (χ1n) is 12.9. The standard InChI is InChI=1S/C30H30F2N6O/c1-4-28(29-34-35-36-38(29)17-22-7-11-25(32)12-8-22)37(16-21-5-9-24(31)10-6-21)18-23-15-26-20(3)13-19(2)14-27(26)33-30(23)39/h5-15,28H,4,16-18H2,1-3H3,(H,33,39)/t28-/m1/s1. The van der Waals surface area contributed by atoms with Gasteiger partial charge < -0.3 is 4.98 Å². The molecule has 5 aromatic rings. The number of nitrogens with zero attached hydrogens (tertiary/aromatic N) is 5. The number of benzene rings is 3. The summed E-state index contributed by atoms with van der Waals surface area (Å²) in [6, 6.07) is 18.4. The second-order valence-corrected chi connectivity index (χ2v) is 9.94. The smallest absolute Gasteiger partial charge is 0.252 e. The van der Waals surface area contributed by atoms with Crippen LogP contribution < -0.4 is 5.56 Å². The van der Waals surface area contributed by atoms with E-state index < -0.39 is 0 Å². The molecule has 0 aliphatic carbocycles. The number of pyridine rings is 1. The van der Waals surface area contributed by atoms with Crippen molar-refractivity contribution in [3.05, 3.63) is 122 Å². The van der Waals surface area contributed by atoms with E-state index in [0.717, 1.165) is 33.2 Å². The lowest BCUT2D eigenvalue weighted by Gasteiger charge is -2.30. The zero-order chi connectivity index (χ0) is 27.5. The Labute approximate surface area is 225 Å². The fourth-order valence-electron chi connectivity index (χ4n) is 5.08. The van der Waals surface area contributed by atoms with Gasteiger partial charge in [-0.3, -0.25) is 9.69 Å². The summed E-state index contributed by atoms with van der Waals surface area (Å²) in [5.74, 6) is 0.0175. The van der Waals surface area contributed by atoms with Gasteiger partial charge in [0.05, 0.1) is 12.6 Å². The Morgan fingerprint density at radius 2 is 1.59 bits per heavy atom. The van der Waals surface area contributed by atoms with Gasteiger partial charge in [-0.1, -0.05) is 37.3 Å². The highest BCUT2D eigenvalue weighted by atomic mass is 19.1. The summed E-state index contributed by atoms with van der Waals surface area (Å²) in [4.78, 5) is 18.4. The Hall–Kier alpha value is -4.24. The largest absolute Gasteiger partial charge is 0.322 e. The van der Waals surface area contributed by atoms with Gasteiger partial charge in [-0.15, -0.1) is 5.10 Å². The average molecular weight is 529 g/mol. The molecule has 200 valence electrons. The summed E-state index contributed by atoms with van der Waals surface area (Å²) >= 11 is 0. The monoisotopic (exact) mass is 528 g/mol. The molecule has 1 atom stereocenters. The maximum atomic E-state index is 13.7. The van der Waals surface area contributed by atoms with Crippen LogP contribution >= 0.6 is 0 Å². The molecular weight excluding hydrogens is 498 g/mol. The molecule has 0 saturated heterocycles. The van der Waals surface area contributed by atoms with Gasteiger partial charge in [0.1, 0.15) is 11.6 Å². The molecule has 0 aliphatic rings. The quantitative estimate of drug-likeness (QED) is 0.269. The number of halogens is 2. The highest BCUT2D eigenvalue weighted by molar-refractivity contribution is 5.83. The van der Waals surface area contributed by atoms with E-state index in [-0.39, 0.29) is 23.2 Å². The molecule has 0 bridgehead atoms. The Morgan fingerprint density at radius 3 is 2.26 bits per heavy atom. The molecule has 2 heterocycles. The molecule has 0 unspecified atom stereocenters. The third-order valence-electron chi connectivity index (χ3n) is 6.99. The van der Waals surface area contributed by atoms with Crippen LogP contribution in [0.4, 0.5) is 8.78 Å². The van der Waals surface area contributed by atoms with Crippen molar-refractivity contribution in [2.24, 2.45) is 0 Å². The van der Waals surface area contributed by atoms with E-state index in [0.29, 0.717) is 37.4 Å². The Balaban J connectivity index is 1.53. The van der Waals surface area contributed by atoms with E-state index in [4.69, 9.17) is 0 Å². The minimum Gasteiger partial charge on any atom is -0.322 e. The molecule has 39 heavy (non-hydrogen) atoms. The molecule has 1 N–H and O–H groups in total. The second kappa shape index (κ2) is 11.2. The van der Waals surface area contributed by atoms with Crippen molar-refractivity contribution >= 4 is 10.9 Å². The third kappa shape index (κ3) is 5.93. The van der Waals surface area contributed by atoms with Gasteiger partial charge in [-0.2, -0.15) is 0 Å². The van der Waals surface area contributed by atoms with E-state index >= 15 is 0 Å². The van der Waals surface area contributed by atoms with Crippen molar-refractivity contribution in [1.29, 1.82) is 0 Å². The van der Waals surface area contributed by atoms with Crippen LogP contribution in [0.5, 0.6) is 0 Å². The van der Waals surface area contributed by atoms with Gasteiger partial charge >= 0.3 is 0 Å². The van der Waals surface area contributed by atoms with Crippen molar-refractivity contribution < 1.29 is 8.78 Å². The van der Waals surface area contributed by atoms with Gasteiger partial charge in [0.15, 0.2) is 5.82 Å². The predicted octanol–water partition coefficient (Wildman–Crippen LogP) is 5.61. The first kappa shape index (κ1) is 26.4. The molecule has 3 aromatic carbocycles. The number of hydrogen-bond acceptors (Lipinski definition) is 5. The number of fused-ring (bicyclic) bond motifs is 1. The van der Waals surface area contributed by atoms with Crippen molar-refractivity contribution in [2.75, 3.05) is 0 Å². The summed E-state index contributed by atoms with van der Waals surface area (Å²) in [6.45, 7) is 7.23. The molecule has 2 aromatic heterocycles. The molecule has 9 heteroatoms. The van der Waals surface area contributed by atoms with Gasteiger partial charge in [-0.25, -0.2) is 13.5 Å². The minimum atomic E-state index is -0.308. The summed E-state index contributed by atoms with van der Waals surface area (Å²) in [5, 5.41) is 13.5. The highest BCUT2D eigenvalue weighted by Crippen LogP contribution is 2.27. The van der Waals surface area contributed by atoms with Crippen LogP contribution in [0, 0.1) is 25.5 Å². The Bertz CT molecular complexity index is 1640. The molecule has 0 spiro atoms. The maximum absolute atomic E-state index is 13.7. The molecule has 7 nitrogen and oxygen atoms in total. The first-order valence-corrected chi connectivity index (χ1v) is 12.9. The third-order valence-corrected chi connectivity index (χ3v) is 6.99. The maximum Gasteiger partial charge on any atom is 0.252 e. The average Bonchev–Trinajstić information content (AvgIpc) is 3.35. The lowest BCUT2D eigenvalue weighted by molar-refractivity contribution is 0.161. The molecule has 0 aliphatic heterocycles. The zero-order valence-corrected chi connectivity index (χ0v) is 22.2. The number of aryl methyl sites for hydroxylation is 2. The summed E-state index contributed by atoms with van der Waals surface area (Å²) in [5.41, 5.74) is 5.20. The van der Waals surface area contributed by atoms with Crippen LogP contribution in [0.2, 0.25) is 0 Å². The molecular formula is C30H30F2N6O. The molecule has 0 saturated carbocycles. The van der Waals surface area contributed by atoms with Gasteiger partial charge in [0, 0.05) is 29.6 Å². The number of aromatic amines is 1. The zero-order valence-electron chi connectivity index (χ0n) is 22.2. The molecule has 5 rings (SSSR count). The number of H-pyrrole nitrogens is 1. The number of aromatic nitrogens is 5.